The molecule has 5 nitrogen and oxygen atoms in total. The van der Waals surface area contributed by atoms with Crippen molar-refractivity contribution in [1.82, 2.24) is 0 Å². The summed E-state index contributed by atoms with van der Waals surface area (Å²) < 4.78 is 26.6. The Hall–Kier alpha value is -2.97. The van der Waals surface area contributed by atoms with Crippen LogP contribution in [-0.4, -0.2) is 41.1 Å². The summed E-state index contributed by atoms with van der Waals surface area (Å²) >= 11 is 1.62. The Morgan fingerprint density at radius 2 is 1.15 bits per heavy atom. The fourth-order valence-electron chi connectivity index (χ4n) is 5.63. The Bertz CT molecular complexity index is 1320. The highest BCUT2D eigenvalue weighted by Crippen LogP contribution is 2.61. The normalized spacial score (nSPS) is 27.2. The molecule has 1 aliphatic carbocycles. The van der Waals surface area contributed by atoms with Crippen molar-refractivity contribution in [2.24, 2.45) is 5.92 Å². The Morgan fingerprint density at radius 1 is 0.650 bits per heavy atom. The first kappa shape index (κ1) is 27.2. The second-order valence-corrected chi connectivity index (χ2v) is 11.4. The Kier molecular flexibility index (Phi) is 8.63. The molecule has 1 saturated carbocycles. The second-order valence-electron chi connectivity index (χ2n) is 10.2. The molecule has 6 heteroatoms. The van der Waals surface area contributed by atoms with Crippen LogP contribution in [0.5, 0.6) is 0 Å². The average molecular weight is 555 g/mol. The lowest BCUT2D eigenvalue weighted by molar-refractivity contribution is -0.197. The van der Waals surface area contributed by atoms with Crippen LogP contribution in [0, 0.1) is 5.92 Å². The van der Waals surface area contributed by atoms with Crippen molar-refractivity contribution < 1.29 is 24.1 Å². The van der Waals surface area contributed by atoms with Crippen molar-refractivity contribution in [1.29, 1.82) is 0 Å². The molecular formula is C34H34O5S. The van der Waals surface area contributed by atoms with E-state index in [9.17, 15) is 5.11 Å². The van der Waals surface area contributed by atoms with Gasteiger partial charge in [-0.1, -0.05) is 121 Å². The van der Waals surface area contributed by atoms with Gasteiger partial charge < -0.3 is 24.1 Å². The summed E-state index contributed by atoms with van der Waals surface area (Å²) in [5, 5.41) is 10.6. The molecule has 1 saturated heterocycles. The third kappa shape index (κ3) is 5.88. The lowest BCUT2D eigenvalue weighted by Gasteiger charge is -2.39. The molecule has 2 fully saturated rings. The number of hydrogen-bond donors (Lipinski definition) is 1. The van der Waals surface area contributed by atoms with Gasteiger partial charge in [-0.2, -0.15) is 0 Å². The van der Waals surface area contributed by atoms with Crippen molar-refractivity contribution in [3.63, 3.8) is 0 Å². The maximum Gasteiger partial charge on any atom is 0.134 e. The molecule has 5 unspecified atom stereocenters. The smallest absolute Gasteiger partial charge is 0.134 e. The van der Waals surface area contributed by atoms with Gasteiger partial charge in [0.05, 0.1) is 38.4 Å². The van der Waals surface area contributed by atoms with Crippen LogP contribution in [0.15, 0.2) is 126 Å². The summed E-state index contributed by atoms with van der Waals surface area (Å²) in [5.74, 6) is -0.115. The van der Waals surface area contributed by atoms with E-state index in [0.717, 1.165) is 21.6 Å². The Morgan fingerprint density at radius 3 is 1.70 bits per heavy atom. The van der Waals surface area contributed by atoms with Crippen LogP contribution in [0.4, 0.5) is 0 Å². The van der Waals surface area contributed by atoms with Gasteiger partial charge >= 0.3 is 0 Å². The van der Waals surface area contributed by atoms with Gasteiger partial charge in [-0.15, -0.1) is 0 Å². The standard InChI is InChI=1S/C34H34O5S/c35-21-29-34(38-24-27-17-9-3-10-18-27)30(32(34)37-23-26-15-7-2-8-16-26)31(36-22-25-13-5-1-6-14-25)33(39-29)40-28-19-11-4-12-20-28/h1-20,29-33,35H,21-24H2/t29?,30?,31?,32?,33-,34?/m0/s1. The molecule has 1 N–H and O–H groups in total. The monoisotopic (exact) mass is 554 g/mol. The van der Waals surface area contributed by atoms with Gasteiger partial charge in [-0.3, -0.25) is 0 Å². The molecule has 0 amide bonds. The van der Waals surface area contributed by atoms with E-state index >= 15 is 0 Å². The predicted octanol–water partition coefficient (Wildman–Crippen LogP) is 6.25. The SMILES string of the molecule is OCC1O[C@@H](Sc2ccccc2)C(OCc2ccccc2)C2C(OCc3ccccc3)C12OCc1ccccc1. The summed E-state index contributed by atoms with van der Waals surface area (Å²) in [7, 11) is 0. The van der Waals surface area contributed by atoms with Crippen LogP contribution >= 0.6 is 11.8 Å². The van der Waals surface area contributed by atoms with E-state index in [1.807, 2.05) is 84.9 Å². The summed E-state index contributed by atoms with van der Waals surface area (Å²) in [4.78, 5) is 1.08. The van der Waals surface area contributed by atoms with Crippen LogP contribution in [0.3, 0.4) is 0 Å². The van der Waals surface area contributed by atoms with Gasteiger partial charge in [-0.05, 0) is 28.8 Å². The second kappa shape index (κ2) is 12.7. The average Bonchev–Trinajstić information content (AvgIpc) is 3.68. The number of rotatable bonds is 12. The maximum atomic E-state index is 10.6. The minimum absolute atomic E-state index is 0.115. The van der Waals surface area contributed by atoms with E-state index < -0.39 is 11.7 Å². The van der Waals surface area contributed by atoms with E-state index in [2.05, 4.69) is 36.4 Å². The fraction of sp³-hybridized carbons (Fsp3) is 0.294. The van der Waals surface area contributed by atoms with Gasteiger partial charge in [0.15, 0.2) is 0 Å². The molecule has 206 valence electrons. The lowest BCUT2D eigenvalue weighted by Crippen LogP contribution is -2.51. The quantitative estimate of drug-likeness (QED) is 0.223. The number of ether oxygens (including phenoxy) is 4. The van der Waals surface area contributed by atoms with Crippen molar-refractivity contribution in [3.8, 4) is 0 Å². The van der Waals surface area contributed by atoms with Gasteiger partial charge in [0, 0.05) is 4.90 Å². The Balaban J connectivity index is 1.31. The topological polar surface area (TPSA) is 57.2 Å². The van der Waals surface area contributed by atoms with E-state index in [0.29, 0.717) is 19.8 Å². The summed E-state index contributed by atoms with van der Waals surface area (Å²) in [6.07, 6.45) is -1.17. The number of fused-ring (bicyclic) bond motifs is 1. The third-order valence-corrected chi connectivity index (χ3v) is 8.81. The number of hydrogen-bond acceptors (Lipinski definition) is 6. The van der Waals surface area contributed by atoms with Crippen molar-refractivity contribution in [2.45, 2.75) is 54.1 Å². The lowest BCUT2D eigenvalue weighted by atomic mass is 10.0. The minimum atomic E-state index is -0.825. The van der Waals surface area contributed by atoms with Crippen molar-refractivity contribution in [3.05, 3.63) is 138 Å². The van der Waals surface area contributed by atoms with Crippen LogP contribution in [-0.2, 0) is 38.8 Å². The first-order valence-electron chi connectivity index (χ1n) is 13.7. The molecular weight excluding hydrogens is 520 g/mol. The largest absolute Gasteiger partial charge is 0.394 e. The fourth-order valence-corrected chi connectivity index (χ4v) is 6.78. The summed E-state index contributed by atoms with van der Waals surface area (Å²) in [5.41, 5.74) is 2.07. The Labute approximate surface area is 240 Å². The van der Waals surface area contributed by atoms with E-state index in [1.165, 1.54) is 0 Å². The van der Waals surface area contributed by atoms with E-state index in [1.54, 1.807) is 11.8 Å². The summed E-state index contributed by atoms with van der Waals surface area (Å²) in [6, 6.07) is 40.6. The zero-order valence-electron chi connectivity index (χ0n) is 22.3. The number of aliphatic hydroxyl groups is 1. The zero-order chi connectivity index (χ0) is 27.2. The first-order chi connectivity index (χ1) is 19.8. The molecule has 0 radical (unpaired) electrons. The predicted molar refractivity (Wildman–Crippen MR) is 156 cm³/mol. The number of thioether (sulfide) groups is 1. The number of benzene rings is 4. The minimum Gasteiger partial charge on any atom is -0.394 e. The van der Waals surface area contributed by atoms with Gasteiger partial charge in [0.25, 0.3) is 0 Å². The molecule has 6 atom stereocenters. The van der Waals surface area contributed by atoms with Crippen molar-refractivity contribution >= 4 is 11.8 Å². The van der Waals surface area contributed by atoms with Crippen LogP contribution in [0.25, 0.3) is 0 Å². The molecule has 4 aromatic rings. The third-order valence-electron chi connectivity index (χ3n) is 7.66. The van der Waals surface area contributed by atoms with Crippen LogP contribution in [0.1, 0.15) is 16.7 Å². The molecule has 40 heavy (non-hydrogen) atoms. The molecule has 0 bridgehead atoms. The molecule has 4 aromatic carbocycles. The van der Waals surface area contributed by atoms with Gasteiger partial charge in [0.2, 0.25) is 0 Å². The highest BCUT2D eigenvalue weighted by Gasteiger charge is 2.78. The van der Waals surface area contributed by atoms with Crippen LogP contribution < -0.4 is 0 Å². The van der Waals surface area contributed by atoms with Gasteiger partial charge in [-0.25, -0.2) is 0 Å². The molecule has 1 aliphatic heterocycles. The molecule has 0 spiro atoms. The van der Waals surface area contributed by atoms with Crippen LogP contribution in [0.2, 0.25) is 0 Å². The van der Waals surface area contributed by atoms with E-state index in [4.69, 9.17) is 18.9 Å². The van der Waals surface area contributed by atoms with E-state index in [-0.39, 0.29) is 30.2 Å². The maximum absolute atomic E-state index is 10.6. The molecule has 6 rings (SSSR count). The molecule has 0 aromatic heterocycles. The number of aliphatic hydroxyl groups excluding tert-OH is 1. The molecule has 1 heterocycles. The van der Waals surface area contributed by atoms with Crippen molar-refractivity contribution in [2.75, 3.05) is 6.61 Å². The molecule has 2 aliphatic rings. The van der Waals surface area contributed by atoms with Gasteiger partial charge in [0.1, 0.15) is 23.2 Å². The highest BCUT2D eigenvalue weighted by atomic mass is 32.2. The first-order valence-corrected chi connectivity index (χ1v) is 14.6. The summed E-state index contributed by atoms with van der Waals surface area (Å²) in [6.45, 7) is 1.11. The zero-order valence-corrected chi connectivity index (χ0v) is 23.1. The highest BCUT2D eigenvalue weighted by molar-refractivity contribution is 7.99.